The number of fused-ring (bicyclic) bond motifs is 20. The molecule has 9 heterocycles. The van der Waals surface area contributed by atoms with Crippen LogP contribution in [0.4, 0.5) is 0 Å². The van der Waals surface area contributed by atoms with Crippen molar-refractivity contribution in [3.05, 3.63) is 296 Å². The molecule has 0 bridgehead atoms. The molecule has 13 aromatic rings. The first-order chi connectivity index (χ1) is 41.6. The summed E-state index contributed by atoms with van der Waals surface area (Å²) in [6.45, 7) is 10.2. The number of pyridine rings is 3. The lowest BCUT2D eigenvalue weighted by molar-refractivity contribution is -0.658. The van der Waals surface area contributed by atoms with E-state index < -0.39 is 0 Å². The minimum Gasteiger partial charge on any atom is -0.264 e. The van der Waals surface area contributed by atoms with Crippen LogP contribution in [0.15, 0.2) is 207 Å². The van der Waals surface area contributed by atoms with Crippen LogP contribution in [0.5, 0.6) is 0 Å². The number of aromatic nitrogens is 3. The summed E-state index contributed by atoms with van der Waals surface area (Å²) in [6, 6.07) is 67.9. The molecule has 3 aromatic heterocycles. The van der Waals surface area contributed by atoms with Gasteiger partial charge in [-0.3, -0.25) is 4.98 Å². The van der Waals surface area contributed by atoms with Crippen LogP contribution in [0.1, 0.15) is 89.0 Å². The van der Waals surface area contributed by atoms with E-state index in [0.29, 0.717) is 20.1 Å². The number of benzene rings is 10. The quantitative estimate of drug-likeness (QED) is 0.110. The molecule has 0 saturated heterocycles. The Labute approximate surface area is 500 Å². The average molecular weight is 1090 g/mol. The SMILES string of the molecule is C[n+]1cccc2c1B1c3c(cccc3Cc3c1[n+](C)cc1ccccc31)C2.Cc1cc2ccccc2c2c1B1c3c(cccc3Cc3c1c(C)cc1ccccc31)C2.Cc1cccc2c1B1c3c(cncc3Cc3c1c(C)cc1ccccc31)C2. The van der Waals surface area contributed by atoms with Crippen LogP contribution in [0.2, 0.25) is 0 Å². The molecule has 0 N–H and O–H groups in total. The van der Waals surface area contributed by atoms with Gasteiger partial charge in [-0.1, -0.05) is 219 Å². The fourth-order valence-electron chi connectivity index (χ4n) is 17.5. The predicted molar refractivity (Wildman–Crippen MR) is 358 cm³/mol. The fourth-order valence-corrected chi connectivity index (χ4v) is 17.5. The molecule has 6 heteroatoms. The number of hydrogen-bond acceptors (Lipinski definition) is 1. The van der Waals surface area contributed by atoms with E-state index in [-0.39, 0.29) is 0 Å². The summed E-state index contributed by atoms with van der Waals surface area (Å²) in [5.41, 5.74) is 37.2. The summed E-state index contributed by atoms with van der Waals surface area (Å²) < 4.78 is 4.72. The normalized spacial score (nSPS) is 13.9. The van der Waals surface area contributed by atoms with Crippen molar-refractivity contribution in [2.45, 2.75) is 66.2 Å². The van der Waals surface area contributed by atoms with Crippen LogP contribution < -0.4 is 58.6 Å². The van der Waals surface area contributed by atoms with Gasteiger partial charge >= 0.3 is 6.71 Å². The zero-order valence-corrected chi connectivity index (χ0v) is 49.4. The first kappa shape index (κ1) is 50.4. The largest absolute Gasteiger partial charge is 0.407 e. The molecule has 10 aromatic carbocycles. The van der Waals surface area contributed by atoms with Gasteiger partial charge in [0, 0.05) is 47.8 Å². The standard InChI is InChI=1S/C30H23B.C25H20BN.C24H21BN2/c1-18-14-20-8-3-5-12-24(20)26-16-22-10-7-11-23-17-27-25-13-6-4-9-21(25)15-19(2)29(27)31(28(18)26)30(22)23;1-15-6-5-8-18-11-19-13-27-14-20-12-22-21-9-4-3-7-17(21)10-16(2)24(22)26(23(15)18)25(19)20;1-26-12-6-10-18-13-16-8-5-9-17-14-21-20-11-4-3-7-19(20)15-27(2)24(21)25(22(16)17)23(18)26/h3-15H,16-17H2,1-2H3;3-10,13-14H,11-12H2,1-2H3;3-12,15H,13-14H2,1-2H3/q;;+2. The van der Waals surface area contributed by atoms with Crippen molar-refractivity contribution >= 4 is 113 Å². The van der Waals surface area contributed by atoms with Gasteiger partial charge in [0.2, 0.25) is 13.4 Å². The van der Waals surface area contributed by atoms with Crippen molar-refractivity contribution in [3.63, 3.8) is 0 Å². The number of nitrogens with zero attached hydrogens (tertiary/aromatic N) is 3. The topological polar surface area (TPSA) is 20.6 Å². The second-order valence-electron chi connectivity index (χ2n) is 25.5. The van der Waals surface area contributed by atoms with Crippen molar-refractivity contribution in [1.82, 2.24) is 4.98 Å². The average Bonchev–Trinajstić information content (AvgIpc) is 1.08. The second kappa shape index (κ2) is 19.2. The van der Waals surface area contributed by atoms with Gasteiger partial charge in [-0.2, -0.15) is 0 Å². The van der Waals surface area contributed by atoms with Gasteiger partial charge in [0.15, 0.2) is 23.6 Å². The number of aryl methyl sites for hydroxylation is 6. The Morgan fingerprint density at radius 1 is 0.306 bits per heavy atom. The molecule has 402 valence electrons. The molecule has 6 aliphatic heterocycles. The summed E-state index contributed by atoms with van der Waals surface area (Å²) in [5.74, 6) is 0. The molecule has 0 fully saturated rings. The Kier molecular flexibility index (Phi) is 11.4. The van der Waals surface area contributed by atoms with E-state index in [0.717, 1.165) is 38.5 Å². The van der Waals surface area contributed by atoms with Gasteiger partial charge in [-0.15, -0.1) is 0 Å². The minimum absolute atomic E-state index is 0.310. The lowest BCUT2D eigenvalue weighted by Gasteiger charge is -2.37. The monoisotopic (exact) mass is 1090 g/mol. The summed E-state index contributed by atoms with van der Waals surface area (Å²) >= 11 is 0. The fraction of sp³-hybridized carbons (Fsp3) is 0.152. The van der Waals surface area contributed by atoms with Gasteiger partial charge in [0.25, 0.3) is 0 Å². The van der Waals surface area contributed by atoms with Crippen molar-refractivity contribution in [3.8, 4) is 0 Å². The highest BCUT2D eigenvalue weighted by Gasteiger charge is 2.49. The molecule has 0 aliphatic carbocycles. The van der Waals surface area contributed by atoms with E-state index in [1.807, 2.05) is 0 Å². The van der Waals surface area contributed by atoms with E-state index in [9.17, 15) is 0 Å². The first-order valence-corrected chi connectivity index (χ1v) is 30.8. The van der Waals surface area contributed by atoms with Gasteiger partial charge in [0.1, 0.15) is 14.1 Å². The van der Waals surface area contributed by atoms with Gasteiger partial charge < -0.3 is 0 Å². The Balaban J connectivity index is 0.000000100. The molecule has 0 unspecified atom stereocenters. The highest BCUT2D eigenvalue weighted by Crippen LogP contribution is 2.34. The van der Waals surface area contributed by atoms with E-state index >= 15 is 0 Å². The third-order valence-corrected chi connectivity index (χ3v) is 20.8. The lowest BCUT2D eigenvalue weighted by atomic mass is 9.29. The van der Waals surface area contributed by atoms with Crippen LogP contribution in [0.25, 0.3) is 43.1 Å². The second-order valence-corrected chi connectivity index (χ2v) is 25.5. The number of hydrogen-bond donors (Lipinski definition) is 0. The summed E-state index contributed by atoms with van der Waals surface area (Å²) in [4.78, 5) is 4.61. The Morgan fingerprint density at radius 2 is 0.694 bits per heavy atom. The minimum atomic E-state index is 0.310. The molecule has 0 saturated carbocycles. The maximum absolute atomic E-state index is 4.61. The maximum atomic E-state index is 4.61. The molecule has 3 nitrogen and oxygen atoms in total. The molecular formula is C79H64B3N3+2. The van der Waals surface area contributed by atoms with E-state index in [4.69, 9.17) is 0 Å². The van der Waals surface area contributed by atoms with Crippen LogP contribution in [-0.4, -0.2) is 25.1 Å². The Hall–Kier alpha value is -9.12. The third kappa shape index (κ3) is 7.59. The number of rotatable bonds is 0. The molecule has 19 rings (SSSR count). The van der Waals surface area contributed by atoms with Gasteiger partial charge in [0.05, 0.1) is 0 Å². The van der Waals surface area contributed by atoms with Crippen molar-refractivity contribution in [1.29, 1.82) is 0 Å². The summed E-state index contributed by atoms with van der Waals surface area (Å²) in [5, 5.41) is 11.0. The lowest BCUT2D eigenvalue weighted by Crippen LogP contribution is -2.75. The smallest absolute Gasteiger partial charge is 0.264 e. The van der Waals surface area contributed by atoms with Gasteiger partial charge in [-0.05, 0) is 164 Å². The molecular weight excluding hydrogens is 1020 g/mol. The zero-order valence-electron chi connectivity index (χ0n) is 49.4. The molecule has 6 aliphatic rings. The summed E-state index contributed by atoms with van der Waals surface area (Å²) in [6.07, 6.45) is 14.8. The Bertz CT molecular complexity index is 4730. The molecule has 0 atom stereocenters. The van der Waals surface area contributed by atoms with E-state index in [2.05, 4.69) is 263 Å². The van der Waals surface area contributed by atoms with Crippen LogP contribution in [0, 0.1) is 27.7 Å². The van der Waals surface area contributed by atoms with Crippen molar-refractivity contribution < 1.29 is 9.13 Å². The predicted octanol–water partition coefficient (Wildman–Crippen LogP) is 8.92. The third-order valence-electron chi connectivity index (χ3n) is 20.8. The van der Waals surface area contributed by atoms with Crippen LogP contribution in [0.3, 0.4) is 0 Å². The van der Waals surface area contributed by atoms with E-state index in [1.165, 1.54) is 160 Å². The van der Waals surface area contributed by atoms with Gasteiger partial charge in [-0.25, -0.2) is 9.13 Å². The van der Waals surface area contributed by atoms with Crippen LogP contribution in [-0.2, 0) is 52.6 Å². The van der Waals surface area contributed by atoms with E-state index in [1.54, 1.807) is 21.9 Å². The van der Waals surface area contributed by atoms with Crippen molar-refractivity contribution in [2.24, 2.45) is 14.1 Å². The maximum Gasteiger partial charge on any atom is 0.407 e. The van der Waals surface area contributed by atoms with Crippen molar-refractivity contribution in [2.75, 3.05) is 0 Å². The molecule has 0 radical (unpaired) electrons. The highest BCUT2D eigenvalue weighted by atomic mass is 14.9. The molecule has 85 heavy (non-hydrogen) atoms. The molecule has 0 spiro atoms. The highest BCUT2D eigenvalue weighted by molar-refractivity contribution is 6.99. The Morgan fingerprint density at radius 3 is 1.25 bits per heavy atom. The molecule has 0 amide bonds. The van der Waals surface area contributed by atoms with Crippen LogP contribution >= 0.6 is 0 Å². The first-order valence-electron chi connectivity index (χ1n) is 30.8. The summed E-state index contributed by atoms with van der Waals surface area (Å²) in [7, 11) is 4.41. The zero-order chi connectivity index (χ0) is 56.9.